The number of para-hydroxylation sites is 2. The maximum absolute atomic E-state index is 13.0. The van der Waals surface area contributed by atoms with E-state index < -0.39 is 40.7 Å². The molecule has 0 radical (unpaired) electrons. The quantitative estimate of drug-likeness (QED) is 0.333. The number of methoxy groups -OCH3 is 3. The number of rotatable bonds is 6. The van der Waals surface area contributed by atoms with Crippen LogP contribution in [-0.2, 0) is 14.3 Å². The molecule has 0 saturated carbocycles. The number of esters is 1. The predicted octanol–water partition coefficient (Wildman–Crippen LogP) is 2.09. The van der Waals surface area contributed by atoms with Crippen LogP contribution in [0.2, 0.25) is 0 Å². The summed E-state index contributed by atoms with van der Waals surface area (Å²) in [6, 6.07) is 11.0. The molecule has 0 aromatic heterocycles. The van der Waals surface area contributed by atoms with E-state index in [-0.39, 0.29) is 0 Å². The number of amides is 1. The van der Waals surface area contributed by atoms with Crippen molar-refractivity contribution in [2.45, 2.75) is 18.0 Å². The second kappa shape index (κ2) is 8.81. The normalized spacial score (nSPS) is 23.2. The lowest BCUT2D eigenvalue weighted by molar-refractivity contribution is -0.534. The van der Waals surface area contributed by atoms with Crippen LogP contribution in [0.25, 0.3) is 0 Å². The maximum Gasteiger partial charge on any atom is 0.319 e. The third-order valence-electron chi connectivity index (χ3n) is 5.32. The first kappa shape index (κ1) is 21.1. The fourth-order valence-electron chi connectivity index (χ4n) is 4.02. The van der Waals surface area contributed by atoms with Gasteiger partial charge in [0.05, 0.1) is 27.2 Å². The van der Waals surface area contributed by atoms with Crippen molar-refractivity contribution < 1.29 is 28.7 Å². The fourth-order valence-corrected chi connectivity index (χ4v) is 4.02. The molecule has 1 amide bonds. The average Bonchev–Trinajstić information content (AvgIpc) is 2.77. The van der Waals surface area contributed by atoms with Gasteiger partial charge in [0.25, 0.3) is 0 Å². The van der Waals surface area contributed by atoms with Crippen LogP contribution in [0.15, 0.2) is 48.5 Å². The molecule has 158 valence electrons. The molecule has 0 spiro atoms. The number of hydrogen-bond donors (Lipinski definition) is 1. The highest BCUT2D eigenvalue weighted by molar-refractivity contribution is 6.00. The highest BCUT2D eigenvalue weighted by Gasteiger charge is 2.56. The maximum atomic E-state index is 13.0. The van der Waals surface area contributed by atoms with Crippen molar-refractivity contribution >= 4 is 11.9 Å². The molecule has 1 N–H and O–H groups in total. The summed E-state index contributed by atoms with van der Waals surface area (Å²) < 4.78 is 15.5. The lowest BCUT2D eigenvalue weighted by Crippen LogP contribution is -2.56. The SMILES string of the molecule is COC(=O)[C@H]1C(=O)N[C@H](c2ccccc2OC)[C@H]([N+](=O)[O-])[C@@H]1c1ccccc1OC. The number of piperidine rings is 1. The Morgan fingerprint density at radius 1 is 0.967 bits per heavy atom. The van der Waals surface area contributed by atoms with Crippen molar-refractivity contribution in [3.63, 3.8) is 0 Å². The molecule has 0 unspecified atom stereocenters. The summed E-state index contributed by atoms with van der Waals surface area (Å²) in [7, 11) is 4.01. The molecule has 1 aliphatic heterocycles. The number of nitro groups is 1. The summed E-state index contributed by atoms with van der Waals surface area (Å²) in [5.74, 6) is -3.30. The molecule has 1 fully saturated rings. The van der Waals surface area contributed by atoms with E-state index in [0.29, 0.717) is 22.6 Å². The first-order chi connectivity index (χ1) is 14.4. The summed E-state index contributed by atoms with van der Waals surface area (Å²) in [5.41, 5.74) is 0.824. The molecule has 3 rings (SSSR count). The van der Waals surface area contributed by atoms with Gasteiger partial charge in [0.2, 0.25) is 11.9 Å². The highest BCUT2D eigenvalue weighted by Crippen LogP contribution is 2.45. The van der Waals surface area contributed by atoms with E-state index in [1.54, 1.807) is 48.5 Å². The van der Waals surface area contributed by atoms with Crippen molar-refractivity contribution in [1.82, 2.24) is 5.32 Å². The molecule has 2 aromatic rings. The number of carbonyl (C=O) groups is 2. The summed E-state index contributed by atoms with van der Waals surface area (Å²) in [5, 5.41) is 14.9. The largest absolute Gasteiger partial charge is 0.496 e. The summed E-state index contributed by atoms with van der Waals surface area (Å²) in [4.78, 5) is 37.4. The lowest BCUT2D eigenvalue weighted by atomic mass is 9.72. The Morgan fingerprint density at radius 3 is 2.03 bits per heavy atom. The van der Waals surface area contributed by atoms with Gasteiger partial charge in [-0.05, 0) is 12.1 Å². The van der Waals surface area contributed by atoms with E-state index in [0.717, 1.165) is 7.11 Å². The van der Waals surface area contributed by atoms with Crippen LogP contribution in [0.4, 0.5) is 0 Å². The number of benzene rings is 2. The molecule has 4 atom stereocenters. The second-order valence-electron chi connectivity index (χ2n) is 6.77. The number of nitrogens with zero attached hydrogens (tertiary/aromatic N) is 1. The van der Waals surface area contributed by atoms with Gasteiger partial charge in [0, 0.05) is 16.1 Å². The van der Waals surface area contributed by atoms with E-state index in [9.17, 15) is 19.7 Å². The van der Waals surface area contributed by atoms with E-state index in [1.165, 1.54) is 14.2 Å². The first-order valence-corrected chi connectivity index (χ1v) is 9.22. The number of hydrogen-bond acceptors (Lipinski definition) is 7. The van der Waals surface area contributed by atoms with Crippen molar-refractivity contribution in [2.24, 2.45) is 5.92 Å². The fraction of sp³-hybridized carbons (Fsp3) is 0.333. The van der Waals surface area contributed by atoms with Crippen LogP contribution in [0.1, 0.15) is 23.1 Å². The van der Waals surface area contributed by atoms with Crippen molar-refractivity contribution in [2.75, 3.05) is 21.3 Å². The Hall–Kier alpha value is -3.62. The summed E-state index contributed by atoms with van der Waals surface area (Å²) in [6.07, 6.45) is 0. The van der Waals surface area contributed by atoms with Gasteiger partial charge in [0.1, 0.15) is 23.5 Å². The zero-order valence-corrected chi connectivity index (χ0v) is 16.7. The van der Waals surface area contributed by atoms with E-state index in [4.69, 9.17) is 14.2 Å². The monoisotopic (exact) mass is 414 g/mol. The van der Waals surface area contributed by atoms with Crippen LogP contribution in [-0.4, -0.2) is 44.2 Å². The smallest absolute Gasteiger partial charge is 0.319 e. The van der Waals surface area contributed by atoms with Gasteiger partial charge in [-0.15, -0.1) is 0 Å². The molecule has 1 aliphatic rings. The standard InChI is InChI=1S/C21H22N2O7/c1-28-14-10-6-4-8-12(14)16-17(21(25)30-3)20(24)22-18(19(16)23(26)27)13-9-5-7-11-15(13)29-2/h4-11,16-19H,1-3H3,(H,22,24)/t16-,17-,18-,19-/m1/s1. The van der Waals surface area contributed by atoms with Gasteiger partial charge in [-0.25, -0.2) is 0 Å². The lowest BCUT2D eigenvalue weighted by Gasteiger charge is -2.37. The minimum absolute atomic E-state index is 0.344. The van der Waals surface area contributed by atoms with Crippen LogP contribution < -0.4 is 14.8 Å². The van der Waals surface area contributed by atoms with Crippen LogP contribution in [0.3, 0.4) is 0 Å². The molecule has 1 heterocycles. The van der Waals surface area contributed by atoms with Crippen molar-refractivity contribution in [3.8, 4) is 11.5 Å². The van der Waals surface area contributed by atoms with Gasteiger partial charge < -0.3 is 19.5 Å². The zero-order valence-electron chi connectivity index (χ0n) is 16.7. The Labute approximate surface area is 173 Å². The molecular weight excluding hydrogens is 392 g/mol. The van der Waals surface area contributed by atoms with E-state index in [2.05, 4.69) is 5.32 Å². The Bertz CT molecular complexity index is 962. The van der Waals surface area contributed by atoms with Crippen LogP contribution in [0, 0.1) is 16.0 Å². The topological polar surface area (TPSA) is 117 Å². The average molecular weight is 414 g/mol. The molecule has 2 aromatic carbocycles. The van der Waals surface area contributed by atoms with Gasteiger partial charge in [-0.2, -0.15) is 0 Å². The van der Waals surface area contributed by atoms with Crippen molar-refractivity contribution in [3.05, 3.63) is 69.8 Å². The molecule has 1 saturated heterocycles. The zero-order chi connectivity index (χ0) is 21.8. The Kier molecular flexibility index (Phi) is 6.20. The molecule has 0 bridgehead atoms. The second-order valence-corrected chi connectivity index (χ2v) is 6.77. The molecule has 9 nitrogen and oxygen atoms in total. The third-order valence-corrected chi connectivity index (χ3v) is 5.32. The van der Waals surface area contributed by atoms with E-state index >= 15 is 0 Å². The minimum Gasteiger partial charge on any atom is -0.496 e. The Balaban J connectivity index is 2.24. The molecule has 30 heavy (non-hydrogen) atoms. The van der Waals surface area contributed by atoms with Crippen molar-refractivity contribution in [1.29, 1.82) is 0 Å². The number of carbonyl (C=O) groups excluding carboxylic acids is 2. The minimum atomic E-state index is -1.41. The van der Waals surface area contributed by atoms with Gasteiger partial charge in [-0.3, -0.25) is 19.7 Å². The predicted molar refractivity (Wildman–Crippen MR) is 106 cm³/mol. The number of ether oxygens (including phenoxy) is 3. The summed E-state index contributed by atoms with van der Waals surface area (Å²) in [6.45, 7) is 0. The van der Waals surface area contributed by atoms with Gasteiger partial charge in [-0.1, -0.05) is 36.4 Å². The first-order valence-electron chi connectivity index (χ1n) is 9.22. The molecule has 0 aliphatic carbocycles. The molecule has 9 heteroatoms. The third kappa shape index (κ3) is 3.66. The highest BCUT2D eigenvalue weighted by atomic mass is 16.6. The van der Waals surface area contributed by atoms with Gasteiger partial charge >= 0.3 is 5.97 Å². The summed E-state index contributed by atoms with van der Waals surface area (Å²) >= 11 is 0. The molecular formula is C21H22N2O7. The van der Waals surface area contributed by atoms with Crippen LogP contribution in [0.5, 0.6) is 11.5 Å². The Morgan fingerprint density at radius 2 is 1.50 bits per heavy atom. The van der Waals surface area contributed by atoms with E-state index in [1.807, 2.05) is 0 Å². The van der Waals surface area contributed by atoms with Gasteiger partial charge in [0.15, 0.2) is 0 Å². The van der Waals surface area contributed by atoms with Crippen LogP contribution >= 0.6 is 0 Å². The number of nitrogens with one attached hydrogen (secondary N) is 1.